The second-order valence-corrected chi connectivity index (χ2v) is 5.81. The minimum atomic E-state index is -0.516. The quantitative estimate of drug-likeness (QED) is 0.873. The van der Waals surface area contributed by atoms with Crippen molar-refractivity contribution >= 4 is 27.5 Å². The number of likely N-dealkylation sites (N-methyl/N-ethyl adjacent to an activating group) is 1. The molecule has 106 valence electrons. The average Bonchev–Trinajstić information content (AvgIpc) is 2.26. The van der Waals surface area contributed by atoms with Crippen molar-refractivity contribution in [1.29, 1.82) is 0 Å². The van der Waals surface area contributed by atoms with Crippen LogP contribution in [0.1, 0.15) is 32.4 Å². The number of hydrogen-bond donors (Lipinski definition) is 2. The van der Waals surface area contributed by atoms with Gasteiger partial charge in [-0.25, -0.2) is 0 Å². The van der Waals surface area contributed by atoms with Crippen molar-refractivity contribution in [3.05, 3.63) is 28.2 Å². The summed E-state index contributed by atoms with van der Waals surface area (Å²) < 4.78 is 0.844. The molecule has 5 heteroatoms. The highest BCUT2D eigenvalue weighted by molar-refractivity contribution is 9.10. The molecule has 1 rings (SSSR count). The lowest BCUT2D eigenvalue weighted by molar-refractivity contribution is -0.120. The summed E-state index contributed by atoms with van der Waals surface area (Å²) in [7, 11) is 1.86. The standard InChI is InChI=1S/C14H21BrN2O2/c1-9(2)16-14(19)8-17(4)11-5-6-12(10(3)18)13(15)7-11/h5-7,9-10,18H,8H2,1-4H3,(H,16,19). The molecule has 0 aliphatic rings. The number of aliphatic hydroxyl groups is 1. The van der Waals surface area contributed by atoms with Gasteiger partial charge in [-0.1, -0.05) is 22.0 Å². The number of carbonyl (C=O) groups is 1. The zero-order chi connectivity index (χ0) is 14.6. The van der Waals surface area contributed by atoms with E-state index in [2.05, 4.69) is 21.2 Å². The highest BCUT2D eigenvalue weighted by Gasteiger charge is 2.11. The Balaban J connectivity index is 2.75. The molecule has 1 amide bonds. The van der Waals surface area contributed by atoms with E-state index in [-0.39, 0.29) is 11.9 Å². The lowest BCUT2D eigenvalue weighted by atomic mass is 10.1. The van der Waals surface area contributed by atoms with E-state index in [1.54, 1.807) is 6.92 Å². The maximum atomic E-state index is 11.7. The minimum absolute atomic E-state index is 0.00627. The van der Waals surface area contributed by atoms with E-state index in [4.69, 9.17) is 0 Å². The normalized spacial score (nSPS) is 12.4. The predicted octanol–water partition coefficient (Wildman–Crippen LogP) is 2.46. The van der Waals surface area contributed by atoms with Crippen molar-refractivity contribution in [2.45, 2.75) is 32.9 Å². The van der Waals surface area contributed by atoms with Crippen LogP contribution in [0.25, 0.3) is 0 Å². The van der Waals surface area contributed by atoms with E-state index >= 15 is 0 Å². The van der Waals surface area contributed by atoms with Gasteiger partial charge in [-0.2, -0.15) is 0 Å². The first kappa shape index (κ1) is 16.0. The molecule has 0 aliphatic carbocycles. The third-order valence-corrected chi connectivity index (χ3v) is 3.39. The summed E-state index contributed by atoms with van der Waals surface area (Å²) in [6.45, 7) is 5.90. The molecule has 0 aromatic heterocycles. The van der Waals surface area contributed by atoms with E-state index in [1.807, 2.05) is 44.0 Å². The van der Waals surface area contributed by atoms with Gasteiger partial charge in [0.25, 0.3) is 0 Å². The molecule has 0 spiro atoms. The number of hydrogen-bond acceptors (Lipinski definition) is 3. The lowest BCUT2D eigenvalue weighted by Gasteiger charge is -2.21. The number of amides is 1. The van der Waals surface area contributed by atoms with Crippen molar-refractivity contribution < 1.29 is 9.90 Å². The molecule has 1 aromatic carbocycles. The summed E-state index contributed by atoms with van der Waals surface area (Å²) in [6, 6.07) is 5.81. The fourth-order valence-corrected chi connectivity index (χ4v) is 2.46. The number of aliphatic hydroxyl groups excluding tert-OH is 1. The first-order chi connectivity index (χ1) is 8.81. The average molecular weight is 329 g/mol. The molecule has 0 saturated carbocycles. The Morgan fingerprint density at radius 1 is 1.42 bits per heavy atom. The maximum Gasteiger partial charge on any atom is 0.239 e. The van der Waals surface area contributed by atoms with Crippen LogP contribution in [-0.2, 0) is 4.79 Å². The van der Waals surface area contributed by atoms with Crippen LogP contribution in [0.3, 0.4) is 0 Å². The Kier molecular flexibility index (Phi) is 5.82. The number of carbonyl (C=O) groups excluding carboxylic acids is 1. The Labute approximate surface area is 122 Å². The van der Waals surface area contributed by atoms with E-state index in [0.29, 0.717) is 6.54 Å². The highest BCUT2D eigenvalue weighted by Crippen LogP contribution is 2.27. The fourth-order valence-electron chi connectivity index (χ4n) is 1.77. The molecular weight excluding hydrogens is 308 g/mol. The SMILES string of the molecule is CC(C)NC(=O)CN(C)c1ccc(C(C)O)c(Br)c1. The van der Waals surface area contributed by atoms with Crippen LogP contribution in [0.5, 0.6) is 0 Å². The van der Waals surface area contributed by atoms with Gasteiger partial charge in [-0.3, -0.25) is 4.79 Å². The number of nitrogens with zero attached hydrogens (tertiary/aromatic N) is 1. The molecule has 19 heavy (non-hydrogen) atoms. The topological polar surface area (TPSA) is 52.6 Å². The third-order valence-electron chi connectivity index (χ3n) is 2.71. The number of nitrogens with one attached hydrogen (secondary N) is 1. The van der Waals surface area contributed by atoms with Crippen LogP contribution >= 0.6 is 15.9 Å². The summed E-state index contributed by atoms with van der Waals surface area (Å²) >= 11 is 3.44. The summed E-state index contributed by atoms with van der Waals surface area (Å²) in [5, 5.41) is 12.4. The van der Waals surface area contributed by atoms with E-state index in [0.717, 1.165) is 15.7 Å². The van der Waals surface area contributed by atoms with Crippen LogP contribution in [0, 0.1) is 0 Å². The summed E-state index contributed by atoms with van der Waals surface area (Å²) in [4.78, 5) is 13.6. The van der Waals surface area contributed by atoms with Crippen molar-refractivity contribution in [2.75, 3.05) is 18.5 Å². The first-order valence-corrected chi connectivity index (χ1v) is 7.08. The molecule has 1 atom stereocenters. The van der Waals surface area contributed by atoms with Crippen LogP contribution in [0.15, 0.2) is 22.7 Å². The number of anilines is 1. The Morgan fingerprint density at radius 2 is 2.05 bits per heavy atom. The van der Waals surface area contributed by atoms with E-state index in [1.165, 1.54) is 0 Å². The Hall–Kier alpha value is -1.07. The van der Waals surface area contributed by atoms with Gasteiger partial charge in [0.15, 0.2) is 0 Å². The predicted molar refractivity (Wildman–Crippen MR) is 81.3 cm³/mol. The van der Waals surface area contributed by atoms with Gasteiger partial charge in [0, 0.05) is 23.2 Å². The van der Waals surface area contributed by atoms with Crippen LogP contribution < -0.4 is 10.2 Å². The van der Waals surface area contributed by atoms with Gasteiger partial charge in [-0.15, -0.1) is 0 Å². The Bertz CT molecular complexity index is 447. The summed E-state index contributed by atoms with van der Waals surface area (Å²) in [6.07, 6.45) is -0.516. The first-order valence-electron chi connectivity index (χ1n) is 6.29. The molecule has 0 fully saturated rings. The van der Waals surface area contributed by atoms with Crippen molar-refractivity contribution in [3.8, 4) is 0 Å². The number of rotatable bonds is 5. The van der Waals surface area contributed by atoms with Crippen molar-refractivity contribution in [1.82, 2.24) is 5.32 Å². The molecule has 0 saturated heterocycles. The van der Waals surface area contributed by atoms with Crippen LogP contribution in [0.4, 0.5) is 5.69 Å². The van der Waals surface area contributed by atoms with Gasteiger partial charge in [0.1, 0.15) is 0 Å². The molecular formula is C14H21BrN2O2. The van der Waals surface area contributed by atoms with Gasteiger partial charge in [0.2, 0.25) is 5.91 Å². The van der Waals surface area contributed by atoms with Gasteiger partial charge >= 0.3 is 0 Å². The molecule has 4 nitrogen and oxygen atoms in total. The van der Waals surface area contributed by atoms with Gasteiger partial charge in [0.05, 0.1) is 12.6 Å². The maximum absolute atomic E-state index is 11.7. The van der Waals surface area contributed by atoms with Crippen molar-refractivity contribution in [3.63, 3.8) is 0 Å². The number of halogens is 1. The number of benzene rings is 1. The zero-order valence-electron chi connectivity index (χ0n) is 11.8. The lowest BCUT2D eigenvalue weighted by Crippen LogP contribution is -2.38. The second-order valence-electron chi connectivity index (χ2n) is 4.96. The smallest absolute Gasteiger partial charge is 0.239 e. The minimum Gasteiger partial charge on any atom is -0.389 e. The second kappa shape index (κ2) is 6.91. The van der Waals surface area contributed by atoms with E-state index < -0.39 is 6.10 Å². The zero-order valence-corrected chi connectivity index (χ0v) is 13.4. The van der Waals surface area contributed by atoms with Crippen LogP contribution in [0.2, 0.25) is 0 Å². The fraction of sp³-hybridized carbons (Fsp3) is 0.500. The molecule has 1 unspecified atom stereocenters. The highest BCUT2D eigenvalue weighted by atomic mass is 79.9. The van der Waals surface area contributed by atoms with Crippen LogP contribution in [-0.4, -0.2) is 30.6 Å². The van der Waals surface area contributed by atoms with Gasteiger partial charge < -0.3 is 15.3 Å². The molecule has 0 radical (unpaired) electrons. The third kappa shape index (κ3) is 4.84. The van der Waals surface area contributed by atoms with E-state index in [9.17, 15) is 9.90 Å². The molecule has 0 bridgehead atoms. The van der Waals surface area contributed by atoms with Gasteiger partial charge in [-0.05, 0) is 38.5 Å². The molecule has 0 aliphatic heterocycles. The molecule has 2 N–H and O–H groups in total. The summed E-state index contributed by atoms with van der Waals surface area (Å²) in [5.74, 6) is -0.00627. The van der Waals surface area contributed by atoms with Crippen molar-refractivity contribution in [2.24, 2.45) is 0 Å². The monoisotopic (exact) mass is 328 g/mol. The summed E-state index contributed by atoms with van der Waals surface area (Å²) in [5.41, 5.74) is 1.76. The molecule has 0 heterocycles. The molecule has 1 aromatic rings. The Morgan fingerprint density at radius 3 is 2.53 bits per heavy atom. The largest absolute Gasteiger partial charge is 0.389 e.